The minimum absolute atomic E-state index is 0.114. The second-order valence-electron chi connectivity index (χ2n) is 12.4. The summed E-state index contributed by atoms with van der Waals surface area (Å²) >= 11 is 0. The SMILES string of the molecule is CC(C)(O)Cn1ccc(NC(=O)[C@H](CC2CCCCC2)N2CC(Oc3ccccc3C(C)(C)C)=CC2=O)n1. The van der Waals surface area contributed by atoms with Crippen LogP contribution in [0.1, 0.15) is 78.7 Å². The summed E-state index contributed by atoms with van der Waals surface area (Å²) in [6.45, 7) is 10.3. The van der Waals surface area contributed by atoms with Crippen LogP contribution in [0.15, 0.2) is 48.4 Å². The molecule has 1 atom stereocenters. The fourth-order valence-electron chi connectivity index (χ4n) is 5.39. The van der Waals surface area contributed by atoms with Gasteiger partial charge in [0, 0.05) is 23.9 Å². The second-order valence-corrected chi connectivity index (χ2v) is 12.4. The van der Waals surface area contributed by atoms with Crippen LogP contribution in [0.25, 0.3) is 0 Å². The zero-order valence-corrected chi connectivity index (χ0v) is 23.4. The highest BCUT2D eigenvalue weighted by molar-refractivity contribution is 5.99. The number of nitrogens with zero attached hydrogens (tertiary/aromatic N) is 3. The number of hydrogen-bond acceptors (Lipinski definition) is 5. The van der Waals surface area contributed by atoms with Crippen LogP contribution in [-0.2, 0) is 21.5 Å². The van der Waals surface area contributed by atoms with E-state index in [9.17, 15) is 14.7 Å². The van der Waals surface area contributed by atoms with Crippen LogP contribution < -0.4 is 10.1 Å². The molecule has 8 nitrogen and oxygen atoms in total. The first-order valence-corrected chi connectivity index (χ1v) is 13.7. The predicted molar refractivity (Wildman–Crippen MR) is 148 cm³/mol. The van der Waals surface area contributed by atoms with Crippen molar-refractivity contribution in [1.29, 1.82) is 0 Å². The Bertz CT molecular complexity index is 1170. The van der Waals surface area contributed by atoms with Gasteiger partial charge in [0.15, 0.2) is 5.82 Å². The summed E-state index contributed by atoms with van der Waals surface area (Å²) < 4.78 is 7.85. The lowest BCUT2D eigenvalue weighted by atomic mass is 9.84. The number of carbonyl (C=O) groups excluding carboxylic acids is 2. The van der Waals surface area contributed by atoms with E-state index in [1.54, 1.807) is 35.7 Å². The first-order valence-electron chi connectivity index (χ1n) is 13.7. The van der Waals surface area contributed by atoms with Crippen LogP contribution in [0.4, 0.5) is 5.82 Å². The third kappa shape index (κ3) is 7.25. The molecule has 38 heavy (non-hydrogen) atoms. The minimum atomic E-state index is -0.924. The van der Waals surface area contributed by atoms with Gasteiger partial charge in [-0.15, -0.1) is 0 Å². The van der Waals surface area contributed by atoms with Crippen LogP contribution in [0.3, 0.4) is 0 Å². The number of ether oxygens (including phenoxy) is 1. The number of aliphatic hydroxyl groups is 1. The first kappa shape index (κ1) is 27.9. The van der Waals surface area contributed by atoms with Crippen LogP contribution >= 0.6 is 0 Å². The van der Waals surface area contributed by atoms with Crippen molar-refractivity contribution in [2.75, 3.05) is 11.9 Å². The van der Waals surface area contributed by atoms with Crippen molar-refractivity contribution in [3.63, 3.8) is 0 Å². The lowest BCUT2D eigenvalue weighted by molar-refractivity contribution is -0.134. The lowest BCUT2D eigenvalue weighted by Gasteiger charge is -2.31. The fourth-order valence-corrected chi connectivity index (χ4v) is 5.39. The van der Waals surface area contributed by atoms with Gasteiger partial charge in [0.1, 0.15) is 17.6 Å². The van der Waals surface area contributed by atoms with Crippen LogP contribution in [0.5, 0.6) is 5.75 Å². The maximum atomic E-state index is 13.6. The van der Waals surface area contributed by atoms with Gasteiger partial charge in [0.25, 0.3) is 5.91 Å². The van der Waals surface area contributed by atoms with Gasteiger partial charge in [-0.25, -0.2) is 0 Å². The standard InChI is InChI=1S/C30H42N4O4/c1-29(2,3)23-13-9-10-14-25(23)38-22-18-27(35)34(19-22)24(17-21-11-7-6-8-12-21)28(36)31-26-15-16-33(32-26)20-30(4,5)37/h9-10,13-16,18,21,24,37H,6-8,11-12,17,19-20H2,1-5H3,(H,31,32,36)/t24-/m0/s1. The highest BCUT2D eigenvalue weighted by Gasteiger charge is 2.36. The molecule has 1 aliphatic heterocycles. The Labute approximate surface area is 226 Å². The van der Waals surface area contributed by atoms with Gasteiger partial charge in [-0.05, 0) is 37.7 Å². The van der Waals surface area contributed by atoms with Gasteiger partial charge in [0.05, 0.1) is 18.7 Å². The number of nitrogens with one attached hydrogen (secondary N) is 1. The van der Waals surface area contributed by atoms with Crippen molar-refractivity contribution < 1.29 is 19.4 Å². The number of para-hydroxylation sites is 1. The monoisotopic (exact) mass is 522 g/mol. The number of carbonyl (C=O) groups is 2. The van der Waals surface area contributed by atoms with Gasteiger partial charge >= 0.3 is 0 Å². The fraction of sp³-hybridized carbons (Fsp3) is 0.567. The molecule has 2 aliphatic rings. The normalized spacial score (nSPS) is 17.9. The van der Waals surface area contributed by atoms with E-state index in [0.29, 0.717) is 30.5 Å². The molecule has 4 rings (SSSR count). The van der Waals surface area contributed by atoms with Crippen LogP contribution in [0, 0.1) is 5.92 Å². The maximum Gasteiger partial charge on any atom is 0.251 e. The average Bonchev–Trinajstić information content (AvgIpc) is 3.41. The summed E-state index contributed by atoms with van der Waals surface area (Å²) in [6, 6.07) is 8.96. The Morgan fingerprint density at radius 2 is 1.84 bits per heavy atom. The second kappa shape index (κ2) is 11.3. The van der Waals surface area contributed by atoms with E-state index >= 15 is 0 Å². The molecule has 2 aromatic rings. The van der Waals surface area contributed by atoms with Crippen molar-refractivity contribution in [2.45, 2.75) is 96.7 Å². The van der Waals surface area contributed by atoms with E-state index in [1.807, 2.05) is 24.3 Å². The topological polar surface area (TPSA) is 96.7 Å². The summed E-state index contributed by atoms with van der Waals surface area (Å²) in [5.74, 6) is 1.61. The van der Waals surface area contributed by atoms with Crippen LogP contribution in [-0.4, -0.2) is 49.8 Å². The highest BCUT2D eigenvalue weighted by atomic mass is 16.5. The zero-order chi connectivity index (χ0) is 27.5. The van der Waals surface area contributed by atoms with Crippen molar-refractivity contribution >= 4 is 17.6 Å². The van der Waals surface area contributed by atoms with E-state index < -0.39 is 11.6 Å². The Morgan fingerprint density at radius 3 is 2.53 bits per heavy atom. The van der Waals surface area contributed by atoms with Crippen molar-refractivity contribution in [2.24, 2.45) is 5.92 Å². The number of hydrogen-bond donors (Lipinski definition) is 2. The van der Waals surface area contributed by atoms with Crippen molar-refractivity contribution in [3.05, 3.63) is 53.9 Å². The van der Waals surface area contributed by atoms with E-state index in [0.717, 1.165) is 37.0 Å². The number of rotatable bonds is 9. The Kier molecular flexibility index (Phi) is 8.31. The summed E-state index contributed by atoms with van der Waals surface area (Å²) in [5.41, 5.74) is 0.0224. The third-order valence-corrected chi connectivity index (χ3v) is 7.23. The number of benzene rings is 1. The number of anilines is 1. The van der Waals surface area contributed by atoms with E-state index in [-0.39, 0.29) is 23.8 Å². The van der Waals surface area contributed by atoms with Crippen molar-refractivity contribution in [3.8, 4) is 5.75 Å². The van der Waals surface area contributed by atoms with Gasteiger partial charge < -0.3 is 20.1 Å². The molecule has 1 fully saturated rings. The summed E-state index contributed by atoms with van der Waals surface area (Å²) in [6.07, 6.45) is 9.53. The molecule has 0 spiro atoms. The quantitative estimate of drug-likeness (QED) is 0.481. The molecule has 1 aromatic carbocycles. The number of amides is 2. The van der Waals surface area contributed by atoms with E-state index in [1.165, 1.54) is 12.5 Å². The molecule has 0 saturated heterocycles. The highest BCUT2D eigenvalue weighted by Crippen LogP contribution is 2.34. The largest absolute Gasteiger partial charge is 0.459 e. The van der Waals surface area contributed by atoms with Gasteiger partial charge in [0.2, 0.25) is 5.91 Å². The number of aromatic nitrogens is 2. The van der Waals surface area contributed by atoms with Gasteiger partial charge in [-0.1, -0.05) is 71.1 Å². The average molecular weight is 523 g/mol. The summed E-state index contributed by atoms with van der Waals surface area (Å²) in [7, 11) is 0. The van der Waals surface area contributed by atoms with Crippen molar-refractivity contribution in [1.82, 2.24) is 14.7 Å². The molecule has 1 aliphatic carbocycles. The molecule has 8 heteroatoms. The smallest absolute Gasteiger partial charge is 0.251 e. The van der Waals surface area contributed by atoms with Crippen LogP contribution in [0.2, 0.25) is 0 Å². The van der Waals surface area contributed by atoms with Gasteiger partial charge in [-0.2, -0.15) is 5.10 Å². The summed E-state index contributed by atoms with van der Waals surface area (Å²) in [4.78, 5) is 28.4. The predicted octanol–water partition coefficient (Wildman–Crippen LogP) is 5.03. The molecule has 2 N–H and O–H groups in total. The summed E-state index contributed by atoms with van der Waals surface area (Å²) in [5, 5.41) is 17.4. The molecule has 2 amide bonds. The van der Waals surface area contributed by atoms with E-state index in [4.69, 9.17) is 4.74 Å². The Balaban J connectivity index is 1.50. The molecule has 2 heterocycles. The zero-order valence-electron chi connectivity index (χ0n) is 23.4. The van der Waals surface area contributed by atoms with E-state index in [2.05, 4.69) is 31.2 Å². The Hall–Kier alpha value is -3.13. The third-order valence-electron chi connectivity index (χ3n) is 7.23. The molecule has 206 valence electrons. The molecule has 0 radical (unpaired) electrons. The lowest BCUT2D eigenvalue weighted by Crippen LogP contribution is -2.46. The van der Waals surface area contributed by atoms with Gasteiger partial charge in [-0.3, -0.25) is 14.3 Å². The molecular formula is C30H42N4O4. The Morgan fingerprint density at radius 1 is 1.13 bits per heavy atom. The molecule has 0 unspecified atom stereocenters. The maximum absolute atomic E-state index is 13.6. The molecule has 0 bridgehead atoms. The molecule has 1 saturated carbocycles. The molecule has 1 aromatic heterocycles. The molecular weight excluding hydrogens is 480 g/mol. The first-order chi connectivity index (χ1) is 17.9. The minimum Gasteiger partial charge on any atom is -0.459 e.